The predicted octanol–water partition coefficient (Wildman–Crippen LogP) is 3.98. The van der Waals surface area contributed by atoms with E-state index in [1.165, 1.54) is 13.8 Å². The van der Waals surface area contributed by atoms with Gasteiger partial charge in [0, 0.05) is 24.5 Å². The van der Waals surface area contributed by atoms with Crippen LogP contribution < -0.4 is 4.74 Å². The molecule has 0 amide bonds. The lowest BCUT2D eigenvalue weighted by Gasteiger charge is -2.37. The van der Waals surface area contributed by atoms with Gasteiger partial charge >= 0.3 is 17.9 Å². The lowest BCUT2D eigenvalue weighted by atomic mass is 9.73. The van der Waals surface area contributed by atoms with Crippen molar-refractivity contribution in [2.45, 2.75) is 59.2 Å². The van der Waals surface area contributed by atoms with Crippen molar-refractivity contribution in [2.75, 3.05) is 13.2 Å². The number of carbonyl (C=O) groups is 4. The van der Waals surface area contributed by atoms with E-state index in [1.54, 1.807) is 24.3 Å². The Morgan fingerprint density at radius 1 is 1.23 bits per heavy atom. The van der Waals surface area contributed by atoms with Gasteiger partial charge in [0.05, 0.1) is 12.5 Å². The molecule has 1 saturated heterocycles. The summed E-state index contributed by atoms with van der Waals surface area (Å²) in [7, 11) is 0. The molecular weight excluding hydrogens is 452 g/mol. The van der Waals surface area contributed by atoms with Gasteiger partial charge in [-0.15, -0.1) is 0 Å². The number of benzene rings is 1. The number of Topliss-reactive ketones (excluding diaryl/α,β-unsaturated/α-hetero) is 1. The Hall–Kier alpha value is -3.42. The van der Waals surface area contributed by atoms with E-state index in [2.05, 4.69) is 6.58 Å². The SMILES string of the molecule is C=C1C(=O)O[C@@H]2CC(C)=C([C@@H](C)CCCOC(C)=O)[C@@H](OC(=O)COc3cccc(C(C)=O)c3)[C@H]12. The van der Waals surface area contributed by atoms with Crippen molar-refractivity contribution in [2.24, 2.45) is 11.8 Å². The standard InChI is InChI=1S/C27H32O8/c1-15(8-7-11-32-19(5)29)24-16(2)12-22-25(17(3)27(31)34-22)26(24)35-23(30)14-33-21-10-6-9-20(13-21)18(4)28/h6,9-10,13,15,22,25-26H,3,7-8,11-12,14H2,1-2,4-5H3/t15-,22+,25+,26+/m0/s1. The van der Waals surface area contributed by atoms with Gasteiger partial charge in [0.2, 0.25) is 0 Å². The van der Waals surface area contributed by atoms with E-state index >= 15 is 0 Å². The second kappa shape index (κ2) is 11.3. The highest BCUT2D eigenvalue weighted by Crippen LogP contribution is 2.45. The molecule has 8 nitrogen and oxygen atoms in total. The van der Waals surface area contributed by atoms with Gasteiger partial charge in [0.1, 0.15) is 18.0 Å². The number of hydrogen-bond donors (Lipinski definition) is 0. The minimum Gasteiger partial charge on any atom is -0.482 e. The van der Waals surface area contributed by atoms with Gasteiger partial charge in [-0.3, -0.25) is 9.59 Å². The summed E-state index contributed by atoms with van der Waals surface area (Å²) in [6.07, 6.45) is 0.759. The fourth-order valence-electron chi connectivity index (χ4n) is 4.77. The summed E-state index contributed by atoms with van der Waals surface area (Å²) in [4.78, 5) is 47.7. The molecule has 1 fully saturated rings. The highest BCUT2D eigenvalue weighted by molar-refractivity contribution is 5.94. The maximum absolute atomic E-state index is 12.8. The molecule has 0 unspecified atom stereocenters. The lowest BCUT2D eigenvalue weighted by molar-refractivity contribution is -0.153. The van der Waals surface area contributed by atoms with E-state index in [9.17, 15) is 19.2 Å². The van der Waals surface area contributed by atoms with E-state index in [0.717, 1.165) is 11.1 Å². The topological polar surface area (TPSA) is 105 Å². The van der Waals surface area contributed by atoms with E-state index in [-0.39, 0.29) is 24.3 Å². The summed E-state index contributed by atoms with van der Waals surface area (Å²) >= 11 is 0. The summed E-state index contributed by atoms with van der Waals surface area (Å²) < 4.78 is 22.0. The Bertz CT molecular complexity index is 1050. The third kappa shape index (κ3) is 6.38. The van der Waals surface area contributed by atoms with Gasteiger partial charge in [0.15, 0.2) is 12.4 Å². The summed E-state index contributed by atoms with van der Waals surface area (Å²) in [5.41, 5.74) is 2.70. The molecule has 8 heteroatoms. The number of carbonyl (C=O) groups excluding carboxylic acids is 4. The number of hydrogen-bond acceptors (Lipinski definition) is 8. The van der Waals surface area contributed by atoms with Crippen LogP contribution in [0.3, 0.4) is 0 Å². The van der Waals surface area contributed by atoms with Crippen LogP contribution in [0.5, 0.6) is 5.75 Å². The van der Waals surface area contributed by atoms with Crippen molar-refractivity contribution in [1.29, 1.82) is 0 Å². The van der Waals surface area contributed by atoms with Crippen molar-refractivity contribution in [1.82, 2.24) is 0 Å². The van der Waals surface area contributed by atoms with Crippen LogP contribution in [0.4, 0.5) is 0 Å². The average molecular weight is 485 g/mol. The van der Waals surface area contributed by atoms with E-state index in [0.29, 0.717) is 42.8 Å². The van der Waals surface area contributed by atoms with Gasteiger partial charge in [-0.05, 0) is 50.3 Å². The Labute approximate surface area is 205 Å². The molecule has 1 heterocycles. The molecule has 0 N–H and O–H groups in total. The molecule has 0 radical (unpaired) electrons. The van der Waals surface area contributed by atoms with Crippen molar-refractivity contribution in [3.63, 3.8) is 0 Å². The number of rotatable bonds is 10. The number of fused-ring (bicyclic) bond motifs is 1. The van der Waals surface area contributed by atoms with Crippen LogP contribution in [-0.4, -0.2) is 49.1 Å². The summed E-state index contributed by atoms with van der Waals surface area (Å²) in [5, 5.41) is 0. The number of esters is 3. The molecule has 0 bridgehead atoms. The number of ether oxygens (including phenoxy) is 4. The highest BCUT2D eigenvalue weighted by Gasteiger charge is 2.50. The van der Waals surface area contributed by atoms with Gasteiger partial charge < -0.3 is 18.9 Å². The maximum atomic E-state index is 12.8. The molecule has 2 aliphatic rings. The van der Waals surface area contributed by atoms with Gasteiger partial charge in [-0.1, -0.05) is 31.2 Å². The predicted molar refractivity (Wildman–Crippen MR) is 127 cm³/mol. The summed E-state index contributed by atoms with van der Waals surface area (Å²) in [5.74, 6) is -1.59. The Morgan fingerprint density at radius 3 is 2.66 bits per heavy atom. The van der Waals surface area contributed by atoms with Crippen molar-refractivity contribution in [3.8, 4) is 5.75 Å². The maximum Gasteiger partial charge on any atom is 0.344 e. The second-order valence-electron chi connectivity index (χ2n) is 9.10. The minimum atomic E-state index is -0.712. The van der Waals surface area contributed by atoms with Crippen LogP contribution >= 0.6 is 0 Å². The van der Waals surface area contributed by atoms with Gasteiger partial charge in [-0.25, -0.2) is 9.59 Å². The first-order valence-electron chi connectivity index (χ1n) is 11.7. The lowest BCUT2D eigenvalue weighted by Crippen LogP contribution is -2.41. The van der Waals surface area contributed by atoms with E-state index in [4.69, 9.17) is 18.9 Å². The average Bonchev–Trinajstić information content (AvgIpc) is 3.08. The third-order valence-corrected chi connectivity index (χ3v) is 6.43. The van der Waals surface area contributed by atoms with Gasteiger partial charge in [-0.2, -0.15) is 0 Å². The minimum absolute atomic E-state index is 0.0148. The number of ketones is 1. The zero-order valence-electron chi connectivity index (χ0n) is 20.6. The molecule has 1 aliphatic heterocycles. The zero-order valence-corrected chi connectivity index (χ0v) is 20.6. The highest BCUT2D eigenvalue weighted by atomic mass is 16.6. The molecule has 1 aromatic rings. The summed E-state index contributed by atoms with van der Waals surface area (Å²) in [6.45, 7) is 10.7. The molecular formula is C27H32O8. The second-order valence-corrected chi connectivity index (χ2v) is 9.10. The summed E-state index contributed by atoms with van der Waals surface area (Å²) in [6, 6.07) is 6.57. The van der Waals surface area contributed by atoms with Crippen LogP contribution in [0, 0.1) is 11.8 Å². The molecule has 4 atom stereocenters. The molecule has 188 valence electrons. The first-order chi connectivity index (χ1) is 16.6. The normalized spacial score (nSPS) is 22.2. The molecule has 0 saturated carbocycles. The Morgan fingerprint density at radius 2 is 1.97 bits per heavy atom. The first kappa shape index (κ1) is 26.2. The van der Waals surface area contributed by atoms with Crippen molar-refractivity contribution >= 4 is 23.7 Å². The first-order valence-corrected chi connectivity index (χ1v) is 11.7. The van der Waals surface area contributed by atoms with Crippen LogP contribution in [0.1, 0.15) is 57.3 Å². The van der Waals surface area contributed by atoms with E-state index in [1.807, 2.05) is 13.8 Å². The smallest absolute Gasteiger partial charge is 0.344 e. The monoisotopic (exact) mass is 484 g/mol. The molecule has 3 rings (SSSR count). The Balaban J connectivity index is 1.74. The Kier molecular flexibility index (Phi) is 8.48. The van der Waals surface area contributed by atoms with Crippen molar-refractivity contribution in [3.05, 3.63) is 53.1 Å². The third-order valence-electron chi connectivity index (χ3n) is 6.43. The van der Waals surface area contributed by atoms with Crippen LogP contribution in [0.2, 0.25) is 0 Å². The van der Waals surface area contributed by atoms with Crippen LogP contribution in [0.25, 0.3) is 0 Å². The molecule has 1 aliphatic carbocycles. The fourth-order valence-corrected chi connectivity index (χ4v) is 4.77. The van der Waals surface area contributed by atoms with Crippen LogP contribution in [0.15, 0.2) is 47.6 Å². The largest absolute Gasteiger partial charge is 0.482 e. The van der Waals surface area contributed by atoms with Gasteiger partial charge in [0.25, 0.3) is 0 Å². The zero-order chi connectivity index (χ0) is 25.7. The quantitative estimate of drug-likeness (QED) is 0.123. The van der Waals surface area contributed by atoms with Crippen molar-refractivity contribution < 1.29 is 38.1 Å². The van der Waals surface area contributed by atoms with E-state index < -0.39 is 30.1 Å². The molecule has 0 spiro atoms. The molecule has 35 heavy (non-hydrogen) atoms. The fraction of sp³-hybridized carbons (Fsp3) is 0.481. The molecule has 0 aromatic heterocycles. The van der Waals surface area contributed by atoms with Crippen LogP contribution in [-0.2, 0) is 28.6 Å². The molecule has 1 aromatic carbocycles.